The van der Waals surface area contributed by atoms with Gasteiger partial charge in [-0.15, -0.1) is 0 Å². The first-order chi connectivity index (χ1) is 7.72. The van der Waals surface area contributed by atoms with E-state index in [0.29, 0.717) is 0 Å². The van der Waals surface area contributed by atoms with E-state index >= 15 is 0 Å². The van der Waals surface area contributed by atoms with Gasteiger partial charge >= 0.3 is 0 Å². The quantitative estimate of drug-likeness (QED) is 0.548. The molecule has 0 aliphatic rings. The summed E-state index contributed by atoms with van der Waals surface area (Å²) in [5.74, 6) is 1.69. The molecule has 1 nitrogen and oxygen atoms in total. The molecule has 1 rings (SSSR count). The van der Waals surface area contributed by atoms with E-state index in [2.05, 4.69) is 56.1 Å². The van der Waals surface area contributed by atoms with Gasteiger partial charge in [0.1, 0.15) is 0 Å². The molecule has 1 N–H and O–H groups in total. The van der Waals surface area contributed by atoms with Crippen molar-refractivity contribution in [2.24, 2.45) is 5.92 Å². The maximum atomic E-state index is 4.19. The zero-order valence-electron chi connectivity index (χ0n) is 10.4. The minimum atomic E-state index is 0.736. The zero-order valence-corrected chi connectivity index (χ0v) is 11.3. The topological polar surface area (TPSA) is 12.0 Å². The molecular weight excluding hydrogens is 214 g/mol. The summed E-state index contributed by atoms with van der Waals surface area (Å²) in [7, 11) is 0. The average molecular weight is 237 g/mol. The van der Waals surface area contributed by atoms with Gasteiger partial charge in [0, 0.05) is 6.54 Å². The molecule has 0 bridgehead atoms. The van der Waals surface area contributed by atoms with Gasteiger partial charge in [0.25, 0.3) is 0 Å². The Morgan fingerprint density at radius 2 is 1.75 bits per heavy atom. The van der Waals surface area contributed by atoms with Crippen LogP contribution >= 0.6 is 12.6 Å². The average Bonchev–Trinajstić information content (AvgIpc) is 2.26. The normalized spacial score (nSPS) is 11.0. The molecule has 0 aromatic heterocycles. The third-order valence-electron chi connectivity index (χ3n) is 2.51. The highest BCUT2D eigenvalue weighted by Gasteiger charge is 1.98. The van der Waals surface area contributed by atoms with E-state index in [0.717, 1.165) is 31.2 Å². The van der Waals surface area contributed by atoms with Crippen LogP contribution in [-0.2, 0) is 13.0 Å². The van der Waals surface area contributed by atoms with E-state index in [1.54, 1.807) is 0 Å². The molecule has 0 heterocycles. The van der Waals surface area contributed by atoms with E-state index in [-0.39, 0.29) is 0 Å². The predicted octanol–water partition coefficient (Wildman–Crippen LogP) is 3.29. The van der Waals surface area contributed by atoms with Gasteiger partial charge in [-0.1, -0.05) is 38.1 Å². The van der Waals surface area contributed by atoms with Gasteiger partial charge in [0.2, 0.25) is 0 Å². The molecule has 90 valence electrons. The third-order valence-corrected chi connectivity index (χ3v) is 2.82. The maximum Gasteiger partial charge on any atom is 0.0205 e. The summed E-state index contributed by atoms with van der Waals surface area (Å²) in [6.07, 6.45) is 2.31. The fourth-order valence-electron chi connectivity index (χ4n) is 1.70. The van der Waals surface area contributed by atoms with Crippen molar-refractivity contribution in [3.8, 4) is 0 Å². The van der Waals surface area contributed by atoms with Crippen molar-refractivity contribution in [1.82, 2.24) is 5.32 Å². The second-order valence-electron chi connectivity index (χ2n) is 4.67. The van der Waals surface area contributed by atoms with Crippen LogP contribution in [0.25, 0.3) is 0 Å². The highest BCUT2D eigenvalue weighted by molar-refractivity contribution is 7.80. The molecule has 1 aromatic carbocycles. The number of hydrogen-bond donors (Lipinski definition) is 2. The summed E-state index contributed by atoms with van der Waals surface area (Å²) in [5, 5.41) is 3.41. The minimum Gasteiger partial charge on any atom is -0.313 e. The molecule has 0 aliphatic heterocycles. The van der Waals surface area contributed by atoms with Gasteiger partial charge in [0.15, 0.2) is 0 Å². The van der Waals surface area contributed by atoms with E-state index < -0.39 is 0 Å². The third kappa shape index (κ3) is 5.57. The van der Waals surface area contributed by atoms with Crippen molar-refractivity contribution in [1.29, 1.82) is 0 Å². The first-order valence-corrected chi connectivity index (χ1v) is 6.75. The van der Waals surface area contributed by atoms with E-state index in [4.69, 9.17) is 0 Å². The minimum absolute atomic E-state index is 0.736. The van der Waals surface area contributed by atoms with Gasteiger partial charge in [-0.05, 0) is 42.2 Å². The molecule has 0 amide bonds. The summed E-state index contributed by atoms with van der Waals surface area (Å²) in [6.45, 7) is 6.53. The Hall–Kier alpha value is -0.470. The smallest absolute Gasteiger partial charge is 0.0205 e. The second kappa shape index (κ2) is 7.75. The summed E-state index contributed by atoms with van der Waals surface area (Å²) in [5.41, 5.74) is 2.81. The summed E-state index contributed by atoms with van der Waals surface area (Å²) >= 11 is 4.19. The molecular formula is C14H23NS. The van der Waals surface area contributed by atoms with Gasteiger partial charge in [-0.3, -0.25) is 0 Å². The van der Waals surface area contributed by atoms with Crippen molar-refractivity contribution < 1.29 is 0 Å². The molecule has 0 radical (unpaired) electrons. The fraction of sp³-hybridized carbons (Fsp3) is 0.571. The van der Waals surface area contributed by atoms with Gasteiger partial charge in [-0.25, -0.2) is 0 Å². The zero-order chi connectivity index (χ0) is 11.8. The molecule has 1 aromatic rings. The predicted molar refractivity (Wildman–Crippen MR) is 75.2 cm³/mol. The first kappa shape index (κ1) is 13.6. The van der Waals surface area contributed by atoms with Crippen LogP contribution in [0.15, 0.2) is 24.3 Å². The maximum absolute atomic E-state index is 4.19. The van der Waals surface area contributed by atoms with Gasteiger partial charge in [0.05, 0.1) is 0 Å². The van der Waals surface area contributed by atoms with Crippen molar-refractivity contribution in [3.05, 3.63) is 35.4 Å². The lowest BCUT2D eigenvalue weighted by Gasteiger charge is -2.07. The van der Waals surface area contributed by atoms with Crippen LogP contribution in [-0.4, -0.2) is 12.3 Å². The number of thiol groups is 1. The van der Waals surface area contributed by atoms with Gasteiger partial charge < -0.3 is 5.32 Å². The first-order valence-electron chi connectivity index (χ1n) is 6.11. The Morgan fingerprint density at radius 1 is 1.12 bits per heavy atom. The number of nitrogens with one attached hydrogen (secondary N) is 1. The summed E-state index contributed by atoms with van der Waals surface area (Å²) in [4.78, 5) is 0. The number of rotatable bonds is 7. The molecule has 0 fully saturated rings. The number of hydrogen-bond acceptors (Lipinski definition) is 2. The highest BCUT2D eigenvalue weighted by atomic mass is 32.1. The van der Waals surface area contributed by atoms with Crippen LogP contribution in [0.1, 0.15) is 31.4 Å². The SMILES string of the molecule is CC(C)Cc1ccc(CNCCCS)cc1. The Balaban J connectivity index is 2.33. The van der Waals surface area contributed by atoms with Crippen LogP contribution < -0.4 is 5.32 Å². The molecule has 0 atom stereocenters. The van der Waals surface area contributed by atoms with E-state index in [1.165, 1.54) is 17.5 Å². The van der Waals surface area contributed by atoms with Crippen LogP contribution in [0.2, 0.25) is 0 Å². The highest BCUT2D eigenvalue weighted by Crippen LogP contribution is 2.09. The van der Waals surface area contributed by atoms with Crippen molar-refractivity contribution in [2.45, 2.75) is 33.2 Å². The van der Waals surface area contributed by atoms with Crippen molar-refractivity contribution in [3.63, 3.8) is 0 Å². The second-order valence-corrected chi connectivity index (χ2v) is 5.12. The Kier molecular flexibility index (Phi) is 6.58. The molecule has 16 heavy (non-hydrogen) atoms. The molecule has 0 saturated carbocycles. The fourth-order valence-corrected chi connectivity index (χ4v) is 1.86. The van der Waals surface area contributed by atoms with Crippen molar-refractivity contribution >= 4 is 12.6 Å². The van der Waals surface area contributed by atoms with E-state index in [1.807, 2.05) is 0 Å². The molecule has 0 saturated heterocycles. The Bertz CT molecular complexity index is 279. The number of benzene rings is 1. The molecule has 0 spiro atoms. The molecule has 0 aliphatic carbocycles. The molecule has 0 unspecified atom stereocenters. The lowest BCUT2D eigenvalue weighted by atomic mass is 10.0. The lowest BCUT2D eigenvalue weighted by Crippen LogP contribution is -2.14. The van der Waals surface area contributed by atoms with Crippen LogP contribution in [0.3, 0.4) is 0 Å². The van der Waals surface area contributed by atoms with Crippen LogP contribution in [0.5, 0.6) is 0 Å². The Labute approximate surface area is 105 Å². The van der Waals surface area contributed by atoms with Crippen LogP contribution in [0, 0.1) is 5.92 Å². The standard InChI is InChI=1S/C14H23NS/c1-12(2)10-13-4-6-14(7-5-13)11-15-8-3-9-16/h4-7,12,15-16H,3,8-11H2,1-2H3. The lowest BCUT2D eigenvalue weighted by molar-refractivity contribution is 0.646. The Morgan fingerprint density at radius 3 is 2.31 bits per heavy atom. The van der Waals surface area contributed by atoms with Crippen molar-refractivity contribution in [2.75, 3.05) is 12.3 Å². The van der Waals surface area contributed by atoms with Gasteiger partial charge in [-0.2, -0.15) is 12.6 Å². The molecule has 2 heteroatoms. The summed E-state index contributed by atoms with van der Waals surface area (Å²) in [6, 6.07) is 8.95. The van der Waals surface area contributed by atoms with Crippen LogP contribution in [0.4, 0.5) is 0 Å². The summed E-state index contributed by atoms with van der Waals surface area (Å²) < 4.78 is 0. The monoisotopic (exact) mass is 237 g/mol. The van der Waals surface area contributed by atoms with E-state index in [9.17, 15) is 0 Å². The largest absolute Gasteiger partial charge is 0.313 e.